The Morgan fingerprint density at radius 3 is 1.97 bits per heavy atom. The molecule has 0 aliphatic rings. The molecule has 0 spiro atoms. The molecule has 3 nitrogen and oxygen atoms in total. The molecule has 4 aromatic carbocycles. The molecular formula is C25H20BNO2. The number of ether oxygens (including phenoxy) is 1. The van der Waals surface area contributed by atoms with E-state index in [0.717, 1.165) is 27.2 Å². The van der Waals surface area contributed by atoms with Crippen LogP contribution in [0.1, 0.15) is 16.1 Å². The third kappa shape index (κ3) is 2.88. The lowest BCUT2D eigenvalue weighted by atomic mass is 9.98. The summed E-state index contributed by atoms with van der Waals surface area (Å²) in [4.78, 5) is 13.0. The minimum atomic E-state index is -0.292. The van der Waals surface area contributed by atoms with E-state index in [0.29, 0.717) is 12.1 Å². The van der Waals surface area contributed by atoms with Gasteiger partial charge >= 0.3 is 5.97 Å². The molecule has 0 amide bonds. The van der Waals surface area contributed by atoms with Gasteiger partial charge in [0.1, 0.15) is 20.1 Å². The zero-order valence-electron chi connectivity index (χ0n) is 16.3. The smallest absolute Gasteiger partial charge is 0.355 e. The fourth-order valence-electron chi connectivity index (χ4n) is 4.22. The Labute approximate surface area is 169 Å². The lowest BCUT2D eigenvalue weighted by Gasteiger charge is -2.11. The van der Waals surface area contributed by atoms with Crippen LogP contribution in [0.3, 0.4) is 0 Å². The molecule has 0 aliphatic heterocycles. The molecule has 0 radical (unpaired) electrons. The van der Waals surface area contributed by atoms with Crippen LogP contribution in [-0.4, -0.2) is 18.4 Å². The number of esters is 1. The Morgan fingerprint density at radius 2 is 1.31 bits per heavy atom. The van der Waals surface area contributed by atoms with E-state index in [-0.39, 0.29) is 12.6 Å². The summed E-state index contributed by atoms with van der Waals surface area (Å²) in [6.45, 7) is 0.270. The van der Waals surface area contributed by atoms with Crippen LogP contribution in [0.25, 0.3) is 32.4 Å². The minimum absolute atomic E-state index is 0.270. The van der Waals surface area contributed by atoms with Crippen LogP contribution in [0.15, 0.2) is 84.9 Å². The van der Waals surface area contributed by atoms with E-state index >= 15 is 0 Å². The third-order valence-corrected chi connectivity index (χ3v) is 5.52. The van der Waals surface area contributed by atoms with Crippen molar-refractivity contribution in [1.82, 2.24) is 4.57 Å². The van der Waals surface area contributed by atoms with E-state index in [2.05, 4.69) is 54.9 Å². The molecule has 0 N–H and O–H groups in total. The van der Waals surface area contributed by atoms with Gasteiger partial charge in [-0.1, -0.05) is 78.9 Å². The van der Waals surface area contributed by atoms with Gasteiger partial charge in [0.2, 0.25) is 0 Å². The maximum atomic E-state index is 13.0. The highest BCUT2D eigenvalue weighted by Crippen LogP contribution is 2.36. The summed E-state index contributed by atoms with van der Waals surface area (Å²) in [6, 6.07) is 28.6. The van der Waals surface area contributed by atoms with Crippen molar-refractivity contribution in [3.63, 3.8) is 0 Å². The monoisotopic (exact) mass is 377 g/mol. The van der Waals surface area contributed by atoms with E-state index in [1.165, 1.54) is 10.8 Å². The van der Waals surface area contributed by atoms with Crippen LogP contribution in [0.4, 0.5) is 0 Å². The standard InChI is InChI=1S/C25H20BNO2/c26-16-27-23(25(28)29-15-17-8-2-1-3-9-17)14-22-20-12-5-4-10-18(20)19-11-6-7-13-21(19)24(22)27/h1-14H,15-16,26H2. The molecule has 0 saturated heterocycles. The highest BCUT2D eigenvalue weighted by Gasteiger charge is 2.20. The SMILES string of the molecule is BCn1c(C(=O)OCc2ccccc2)cc2c3ccccc3c3ccccc3c21. The zero-order chi connectivity index (χ0) is 19.8. The Hall–Kier alpha value is -3.53. The predicted molar refractivity (Wildman–Crippen MR) is 121 cm³/mol. The van der Waals surface area contributed by atoms with Crippen molar-refractivity contribution in [2.45, 2.75) is 13.1 Å². The van der Waals surface area contributed by atoms with Gasteiger partial charge in [-0.15, -0.1) is 0 Å². The van der Waals surface area contributed by atoms with Gasteiger partial charge in [0.05, 0.1) is 5.52 Å². The fourth-order valence-corrected chi connectivity index (χ4v) is 4.22. The average Bonchev–Trinajstić information content (AvgIpc) is 3.18. The topological polar surface area (TPSA) is 31.2 Å². The zero-order valence-corrected chi connectivity index (χ0v) is 16.3. The fraction of sp³-hybridized carbons (Fsp3) is 0.0800. The van der Waals surface area contributed by atoms with Crippen LogP contribution < -0.4 is 0 Å². The molecule has 140 valence electrons. The summed E-state index contributed by atoms with van der Waals surface area (Å²) in [5, 5.41) is 5.81. The molecule has 5 aromatic rings. The van der Waals surface area contributed by atoms with Crippen molar-refractivity contribution in [2.75, 3.05) is 0 Å². The van der Waals surface area contributed by atoms with E-state index in [4.69, 9.17) is 4.74 Å². The van der Waals surface area contributed by atoms with Gasteiger partial charge in [-0.05, 0) is 34.2 Å². The van der Waals surface area contributed by atoms with Gasteiger partial charge in [0, 0.05) is 10.8 Å². The maximum Gasteiger partial charge on any atom is 0.355 e. The number of hydrogen-bond acceptors (Lipinski definition) is 2. The molecule has 1 heterocycles. The van der Waals surface area contributed by atoms with Crippen LogP contribution in [0.2, 0.25) is 0 Å². The molecular weight excluding hydrogens is 357 g/mol. The summed E-state index contributed by atoms with van der Waals surface area (Å²) in [6.07, 6.45) is 0.696. The number of carbonyl (C=O) groups is 1. The third-order valence-electron chi connectivity index (χ3n) is 5.52. The lowest BCUT2D eigenvalue weighted by Crippen LogP contribution is -2.12. The van der Waals surface area contributed by atoms with E-state index in [1.54, 1.807) is 0 Å². The first-order chi connectivity index (χ1) is 14.3. The molecule has 1 aromatic heterocycles. The number of hydrogen-bond donors (Lipinski definition) is 0. The Balaban J connectivity index is 1.70. The Bertz CT molecular complexity index is 1360. The number of nitrogens with zero attached hydrogens (tertiary/aromatic N) is 1. The summed E-state index contributed by atoms with van der Waals surface area (Å²) in [5.74, 6) is -0.292. The first-order valence-electron chi connectivity index (χ1n) is 9.91. The van der Waals surface area contributed by atoms with Gasteiger partial charge in [0.15, 0.2) is 0 Å². The molecule has 29 heavy (non-hydrogen) atoms. The second-order valence-corrected chi connectivity index (χ2v) is 7.19. The predicted octanol–water partition coefficient (Wildman–Crippen LogP) is 4.90. The second kappa shape index (κ2) is 7.14. The van der Waals surface area contributed by atoms with Crippen molar-refractivity contribution in [1.29, 1.82) is 0 Å². The van der Waals surface area contributed by atoms with Gasteiger partial charge in [-0.3, -0.25) is 0 Å². The summed E-state index contributed by atoms with van der Waals surface area (Å²) in [5.41, 5.74) is 2.67. The highest BCUT2D eigenvalue weighted by molar-refractivity contribution is 6.26. The second-order valence-electron chi connectivity index (χ2n) is 7.19. The van der Waals surface area contributed by atoms with Crippen LogP contribution in [-0.2, 0) is 17.8 Å². The van der Waals surface area contributed by atoms with E-state index in [9.17, 15) is 4.79 Å². The first kappa shape index (κ1) is 17.6. The molecule has 0 aliphatic carbocycles. The number of rotatable bonds is 4. The van der Waals surface area contributed by atoms with Gasteiger partial charge < -0.3 is 9.30 Å². The van der Waals surface area contributed by atoms with Gasteiger partial charge in [0.25, 0.3) is 0 Å². The van der Waals surface area contributed by atoms with Crippen LogP contribution >= 0.6 is 0 Å². The van der Waals surface area contributed by atoms with E-state index < -0.39 is 0 Å². The number of carbonyl (C=O) groups excluding carboxylic acids is 1. The molecule has 4 heteroatoms. The summed E-state index contributed by atoms with van der Waals surface area (Å²) >= 11 is 0. The van der Waals surface area contributed by atoms with Crippen molar-refractivity contribution in [3.8, 4) is 0 Å². The van der Waals surface area contributed by atoms with Gasteiger partial charge in [-0.2, -0.15) is 0 Å². The van der Waals surface area contributed by atoms with Crippen molar-refractivity contribution in [3.05, 3.63) is 96.2 Å². The maximum absolute atomic E-state index is 13.0. The minimum Gasteiger partial charge on any atom is -0.456 e. The summed E-state index contributed by atoms with van der Waals surface area (Å²) < 4.78 is 7.73. The van der Waals surface area contributed by atoms with Crippen molar-refractivity contribution < 1.29 is 9.53 Å². The van der Waals surface area contributed by atoms with Crippen molar-refractivity contribution >= 4 is 46.3 Å². The first-order valence-corrected chi connectivity index (χ1v) is 9.91. The molecule has 0 bridgehead atoms. The quantitative estimate of drug-likeness (QED) is 0.254. The molecule has 0 fully saturated rings. The summed E-state index contributed by atoms with van der Waals surface area (Å²) in [7, 11) is 2.07. The van der Waals surface area contributed by atoms with Crippen LogP contribution in [0, 0.1) is 0 Å². The molecule has 0 atom stereocenters. The van der Waals surface area contributed by atoms with E-state index in [1.807, 2.05) is 42.5 Å². The molecule has 0 unspecified atom stereocenters. The average molecular weight is 377 g/mol. The normalized spacial score (nSPS) is 11.3. The Kier molecular flexibility index (Phi) is 4.32. The van der Waals surface area contributed by atoms with Gasteiger partial charge in [-0.25, -0.2) is 4.79 Å². The Morgan fingerprint density at radius 1 is 0.759 bits per heavy atom. The highest BCUT2D eigenvalue weighted by atomic mass is 16.5. The number of aromatic nitrogens is 1. The number of benzene rings is 4. The lowest BCUT2D eigenvalue weighted by molar-refractivity contribution is 0.0462. The molecule has 0 saturated carbocycles. The molecule has 5 rings (SSSR count). The van der Waals surface area contributed by atoms with Crippen LogP contribution in [0.5, 0.6) is 0 Å². The van der Waals surface area contributed by atoms with Crippen molar-refractivity contribution in [2.24, 2.45) is 0 Å². The number of fused-ring (bicyclic) bond motifs is 6. The largest absolute Gasteiger partial charge is 0.456 e.